The van der Waals surface area contributed by atoms with E-state index in [0.29, 0.717) is 24.5 Å². The number of amides is 2. The molecule has 2 aromatic heterocycles. The number of nitrogens with zero attached hydrogens (tertiary/aromatic N) is 2. The van der Waals surface area contributed by atoms with Gasteiger partial charge in [-0.05, 0) is 114 Å². The molecular formula is C48H56N6O8. The lowest BCUT2D eigenvalue weighted by Gasteiger charge is -2.21. The number of H-pyrrole nitrogens is 2. The van der Waals surface area contributed by atoms with Crippen LogP contribution in [0.3, 0.4) is 0 Å². The normalized spacial score (nSPS) is 12.7. The standard InChI is InChI=1S/C48H56N6O8/c1-47(2,3)61-41(55)25-23-37(53-45(57)59-29-33-13-9-7-10-14-33)43-49-35-21-19-31(27-39(35)51-43)17-18-32-20-22-36-40(28-32)52-44(50-36)38(24-26-42(56)62-48(4,5)6)54-46(58)60-30-34-15-11-8-12-16-34/h7-16,19-22,27-28,37-38H,17-18,23-26,29-30H2,1-6H3,(H,49,51)(H,50,52)(H,53,57)(H,54,58)/t37-,38-/m0/s1. The van der Waals surface area contributed by atoms with Crippen LogP contribution < -0.4 is 10.6 Å². The largest absolute Gasteiger partial charge is 0.460 e. The van der Waals surface area contributed by atoms with Crippen molar-refractivity contribution in [2.45, 2.75) is 117 Å². The molecule has 0 unspecified atom stereocenters. The van der Waals surface area contributed by atoms with Gasteiger partial charge in [-0.1, -0.05) is 72.8 Å². The molecule has 0 radical (unpaired) electrons. The number of hydrogen-bond donors (Lipinski definition) is 4. The van der Waals surface area contributed by atoms with Crippen LogP contribution in [0.5, 0.6) is 0 Å². The molecule has 6 rings (SSSR count). The third-order valence-electron chi connectivity index (χ3n) is 9.62. The van der Waals surface area contributed by atoms with E-state index in [0.717, 1.165) is 44.3 Å². The molecule has 4 aromatic carbocycles. The van der Waals surface area contributed by atoms with E-state index in [1.54, 1.807) is 0 Å². The second-order valence-electron chi connectivity index (χ2n) is 17.2. The lowest BCUT2D eigenvalue weighted by molar-refractivity contribution is -0.156. The fourth-order valence-corrected chi connectivity index (χ4v) is 6.76. The van der Waals surface area contributed by atoms with Gasteiger partial charge < -0.3 is 39.5 Å². The molecule has 0 aliphatic carbocycles. The molecule has 14 heteroatoms. The van der Waals surface area contributed by atoms with Crippen LogP contribution in [-0.4, -0.2) is 55.3 Å². The molecule has 2 heterocycles. The number of alkyl carbamates (subject to hydrolysis) is 2. The Bertz CT molecular complexity index is 2280. The molecule has 4 N–H and O–H groups in total. The molecule has 14 nitrogen and oxygen atoms in total. The van der Waals surface area contributed by atoms with Gasteiger partial charge in [-0.25, -0.2) is 19.6 Å². The molecule has 2 atom stereocenters. The van der Waals surface area contributed by atoms with Crippen LogP contribution in [0, 0.1) is 0 Å². The fourth-order valence-electron chi connectivity index (χ4n) is 6.76. The van der Waals surface area contributed by atoms with Crippen LogP contribution in [0.2, 0.25) is 0 Å². The number of ether oxygens (including phenoxy) is 4. The molecule has 0 saturated heterocycles. The van der Waals surface area contributed by atoms with Crippen LogP contribution in [0.1, 0.15) is 113 Å². The van der Waals surface area contributed by atoms with Crippen molar-refractivity contribution in [3.63, 3.8) is 0 Å². The summed E-state index contributed by atoms with van der Waals surface area (Å²) >= 11 is 0. The van der Waals surface area contributed by atoms with Crippen molar-refractivity contribution < 1.29 is 38.1 Å². The number of carbonyl (C=O) groups excluding carboxylic acids is 4. The number of aromatic nitrogens is 4. The SMILES string of the molecule is CC(C)(C)OC(=O)CC[C@H](NC(=O)OCc1ccccc1)c1nc2cc(CCc3ccc4nc([C@H](CCC(=O)OC(C)(C)C)NC(=O)OCc5ccccc5)[nH]c4c3)ccc2[nH]1. The van der Waals surface area contributed by atoms with Gasteiger partial charge in [-0.15, -0.1) is 0 Å². The summed E-state index contributed by atoms with van der Waals surface area (Å²) in [6.07, 6.45) is 0.803. The lowest BCUT2D eigenvalue weighted by Crippen LogP contribution is -2.31. The Kier molecular flexibility index (Phi) is 14.6. The van der Waals surface area contributed by atoms with Gasteiger partial charge in [0.1, 0.15) is 36.1 Å². The Morgan fingerprint density at radius 2 is 1.00 bits per heavy atom. The third kappa shape index (κ3) is 13.9. The summed E-state index contributed by atoms with van der Waals surface area (Å²) in [6.45, 7) is 11.1. The number of aryl methyl sites for hydroxylation is 2. The molecular weight excluding hydrogens is 789 g/mol. The maximum Gasteiger partial charge on any atom is 0.408 e. The molecule has 62 heavy (non-hydrogen) atoms. The summed E-state index contributed by atoms with van der Waals surface area (Å²) in [6, 6.07) is 29.5. The predicted molar refractivity (Wildman–Crippen MR) is 235 cm³/mol. The summed E-state index contributed by atoms with van der Waals surface area (Å²) in [5, 5.41) is 5.78. The van der Waals surface area contributed by atoms with E-state index in [1.807, 2.05) is 139 Å². The first kappa shape index (κ1) is 44.8. The maximum atomic E-state index is 12.9. The fraction of sp³-hybridized carbons (Fsp3) is 0.375. The van der Waals surface area contributed by atoms with E-state index in [2.05, 4.69) is 20.6 Å². The predicted octanol–water partition coefficient (Wildman–Crippen LogP) is 9.40. The first-order valence-corrected chi connectivity index (χ1v) is 20.9. The van der Waals surface area contributed by atoms with Crippen molar-refractivity contribution in [2.24, 2.45) is 0 Å². The summed E-state index contributed by atoms with van der Waals surface area (Å²) in [7, 11) is 0. The van der Waals surface area contributed by atoms with Gasteiger partial charge in [0.05, 0.1) is 34.2 Å². The molecule has 0 spiro atoms. The molecule has 0 aliphatic heterocycles. The van der Waals surface area contributed by atoms with Gasteiger partial charge >= 0.3 is 24.1 Å². The van der Waals surface area contributed by atoms with Crippen LogP contribution in [0.15, 0.2) is 97.1 Å². The second kappa shape index (κ2) is 20.2. The molecule has 326 valence electrons. The summed E-state index contributed by atoms with van der Waals surface area (Å²) in [5.74, 6) is 0.249. The van der Waals surface area contributed by atoms with Crippen LogP contribution in [0.25, 0.3) is 22.1 Å². The van der Waals surface area contributed by atoms with E-state index in [4.69, 9.17) is 28.9 Å². The van der Waals surface area contributed by atoms with Crippen molar-refractivity contribution >= 4 is 46.2 Å². The van der Waals surface area contributed by atoms with Gasteiger partial charge in [0.2, 0.25) is 0 Å². The summed E-state index contributed by atoms with van der Waals surface area (Å²) in [4.78, 5) is 67.5. The first-order chi connectivity index (χ1) is 29.5. The zero-order chi connectivity index (χ0) is 44.3. The van der Waals surface area contributed by atoms with Gasteiger partial charge in [0, 0.05) is 12.8 Å². The van der Waals surface area contributed by atoms with Gasteiger partial charge in [0.25, 0.3) is 0 Å². The highest BCUT2D eigenvalue weighted by atomic mass is 16.6. The van der Waals surface area contributed by atoms with Gasteiger partial charge in [-0.2, -0.15) is 0 Å². The number of esters is 2. The average Bonchev–Trinajstić information content (AvgIpc) is 3.85. The Labute approximate surface area is 361 Å². The molecule has 0 aliphatic rings. The Hall–Kier alpha value is -6.70. The number of aromatic amines is 2. The zero-order valence-corrected chi connectivity index (χ0v) is 36.2. The van der Waals surface area contributed by atoms with Crippen molar-refractivity contribution in [3.05, 3.63) is 131 Å². The van der Waals surface area contributed by atoms with E-state index in [1.165, 1.54) is 0 Å². The molecule has 0 bridgehead atoms. The minimum atomic E-state index is -0.640. The number of carbonyl (C=O) groups is 4. The van der Waals surface area contributed by atoms with Crippen molar-refractivity contribution in [1.29, 1.82) is 0 Å². The highest BCUT2D eigenvalue weighted by molar-refractivity contribution is 5.78. The number of imidazole rings is 2. The minimum absolute atomic E-state index is 0.0651. The number of fused-ring (bicyclic) bond motifs is 2. The molecule has 6 aromatic rings. The van der Waals surface area contributed by atoms with E-state index in [9.17, 15) is 19.2 Å². The van der Waals surface area contributed by atoms with Crippen LogP contribution in [-0.2, 0) is 54.6 Å². The third-order valence-corrected chi connectivity index (χ3v) is 9.62. The minimum Gasteiger partial charge on any atom is -0.460 e. The van der Waals surface area contributed by atoms with Crippen molar-refractivity contribution in [1.82, 2.24) is 30.6 Å². The summed E-state index contributed by atoms with van der Waals surface area (Å²) < 4.78 is 22.0. The van der Waals surface area contributed by atoms with Gasteiger partial charge in [0.15, 0.2) is 0 Å². The number of hydrogen-bond acceptors (Lipinski definition) is 10. The van der Waals surface area contributed by atoms with Gasteiger partial charge in [-0.3, -0.25) is 9.59 Å². The second-order valence-corrected chi connectivity index (χ2v) is 17.2. The highest BCUT2D eigenvalue weighted by Gasteiger charge is 2.25. The lowest BCUT2D eigenvalue weighted by atomic mass is 10.0. The molecule has 0 saturated carbocycles. The number of benzene rings is 4. The number of rotatable bonds is 17. The van der Waals surface area contributed by atoms with E-state index < -0.39 is 35.5 Å². The Morgan fingerprint density at radius 1 is 0.548 bits per heavy atom. The first-order valence-electron chi connectivity index (χ1n) is 20.9. The highest BCUT2D eigenvalue weighted by Crippen LogP contribution is 2.25. The maximum absolute atomic E-state index is 12.9. The summed E-state index contributed by atoms with van der Waals surface area (Å²) in [5.41, 5.74) is 5.57. The van der Waals surface area contributed by atoms with E-state index >= 15 is 0 Å². The topological polar surface area (TPSA) is 187 Å². The monoisotopic (exact) mass is 844 g/mol. The van der Waals surface area contributed by atoms with Crippen LogP contribution >= 0.6 is 0 Å². The quantitative estimate of drug-likeness (QED) is 0.0509. The molecule has 0 fully saturated rings. The smallest absolute Gasteiger partial charge is 0.408 e. The average molecular weight is 845 g/mol. The Balaban J connectivity index is 1.12. The Morgan fingerprint density at radius 3 is 1.50 bits per heavy atom. The van der Waals surface area contributed by atoms with E-state index in [-0.39, 0.29) is 50.8 Å². The number of nitrogens with one attached hydrogen (secondary N) is 4. The van der Waals surface area contributed by atoms with Crippen molar-refractivity contribution in [2.75, 3.05) is 0 Å². The zero-order valence-electron chi connectivity index (χ0n) is 36.2. The van der Waals surface area contributed by atoms with Crippen LogP contribution in [0.4, 0.5) is 9.59 Å². The molecule has 2 amide bonds. The van der Waals surface area contributed by atoms with Crippen molar-refractivity contribution in [3.8, 4) is 0 Å².